The fourth-order valence-corrected chi connectivity index (χ4v) is 5.09. The zero-order valence-corrected chi connectivity index (χ0v) is 21.9. The SMILES string of the molecule is C1=CCC(N(c2ccccc2)c2ccc(C=Cc3ccc(-c4ccc(-c5ccccc5)cc4)cc3)cc2)C=C1. The van der Waals surface area contributed by atoms with Crippen molar-refractivity contribution in [3.63, 3.8) is 0 Å². The summed E-state index contributed by atoms with van der Waals surface area (Å²) in [5.74, 6) is 0. The predicted molar refractivity (Wildman–Crippen MR) is 168 cm³/mol. The molecule has 39 heavy (non-hydrogen) atoms. The van der Waals surface area contributed by atoms with Crippen LogP contribution in [0.5, 0.6) is 0 Å². The molecule has 1 aliphatic rings. The van der Waals surface area contributed by atoms with Crippen molar-refractivity contribution in [2.75, 3.05) is 4.90 Å². The highest BCUT2D eigenvalue weighted by Gasteiger charge is 2.18. The molecule has 0 bridgehead atoms. The van der Waals surface area contributed by atoms with Crippen LogP contribution in [-0.2, 0) is 0 Å². The lowest BCUT2D eigenvalue weighted by Gasteiger charge is -2.32. The van der Waals surface area contributed by atoms with Gasteiger partial charge in [0.05, 0.1) is 6.04 Å². The summed E-state index contributed by atoms with van der Waals surface area (Å²) in [5, 5.41) is 0. The minimum atomic E-state index is 0.312. The van der Waals surface area contributed by atoms with E-state index >= 15 is 0 Å². The summed E-state index contributed by atoms with van der Waals surface area (Å²) in [5.41, 5.74) is 9.72. The Balaban J connectivity index is 1.15. The van der Waals surface area contributed by atoms with E-state index in [9.17, 15) is 0 Å². The molecule has 0 heterocycles. The Morgan fingerprint density at radius 3 is 1.46 bits per heavy atom. The first-order valence-corrected chi connectivity index (χ1v) is 13.6. The molecule has 0 N–H and O–H groups in total. The monoisotopic (exact) mass is 501 g/mol. The smallest absolute Gasteiger partial charge is 0.0559 e. The van der Waals surface area contributed by atoms with Crippen molar-refractivity contribution in [2.24, 2.45) is 0 Å². The second-order valence-corrected chi connectivity index (χ2v) is 9.81. The van der Waals surface area contributed by atoms with Crippen molar-refractivity contribution in [1.29, 1.82) is 0 Å². The van der Waals surface area contributed by atoms with Gasteiger partial charge in [0, 0.05) is 11.4 Å². The van der Waals surface area contributed by atoms with Crippen LogP contribution in [0.2, 0.25) is 0 Å². The molecule has 188 valence electrons. The molecule has 0 fully saturated rings. The summed E-state index contributed by atoms with van der Waals surface area (Å²) >= 11 is 0. The van der Waals surface area contributed by atoms with E-state index in [1.807, 2.05) is 0 Å². The maximum Gasteiger partial charge on any atom is 0.0559 e. The normalized spacial score (nSPS) is 14.5. The van der Waals surface area contributed by atoms with E-state index in [-0.39, 0.29) is 0 Å². The first-order valence-electron chi connectivity index (χ1n) is 13.6. The van der Waals surface area contributed by atoms with Crippen molar-refractivity contribution in [2.45, 2.75) is 12.5 Å². The van der Waals surface area contributed by atoms with Crippen LogP contribution >= 0.6 is 0 Å². The molecule has 0 amide bonds. The molecule has 5 aromatic rings. The highest BCUT2D eigenvalue weighted by atomic mass is 15.2. The van der Waals surface area contributed by atoms with Crippen molar-refractivity contribution >= 4 is 23.5 Å². The predicted octanol–water partition coefficient (Wildman–Crippen LogP) is 10.2. The Bertz CT molecular complexity index is 1570. The van der Waals surface area contributed by atoms with E-state index in [2.05, 4.69) is 175 Å². The van der Waals surface area contributed by atoms with Crippen LogP contribution in [0.25, 0.3) is 34.4 Å². The van der Waals surface area contributed by atoms with E-state index in [0.29, 0.717) is 6.04 Å². The molecular formula is C38H31N. The number of anilines is 2. The molecule has 0 saturated carbocycles. The average molecular weight is 502 g/mol. The summed E-state index contributed by atoms with van der Waals surface area (Å²) in [4.78, 5) is 2.42. The Morgan fingerprint density at radius 2 is 0.923 bits per heavy atom. The van der Waals surface area contributed by atoms with Crippen LogP contribution < -0.4 is 4.90 Å². The molecule has 1 heteroatoms. The minimum absolute atomic E-state index is 0.312. The van der Waals surface area contributed by atoms with E-state index in [4.69, 9.17) is 0 Å². The van der Waals surface area contributed by atoms with Gasteiger partial charge >= 0.3 is 0 Å². The van der Waals surface area contributed by atoms with E-state index < -0.39 is 0 Å². The van der Waals surface area contributed by atoms with Gasteiger partial charge in [0.2, 0.25) is 0 Å². The van der Waals surface area contributed by atoms with E-state index in [1.54, 1.807) is 0 Å². The number of allylic oxidation sites excluding steroid dienone is 2. The van der Waals surface area contributed by atoms with Crippen molar-refractivity contribution < 1.29 is 0 Å². The highest BCUT2D eigenvalue weighted by Crippen LogP contribution is 2.31. The van der Waals surface area contributed by atoms with Gasteiger partial charge < -0.3 is 4.90 Å². The summed E-state index contributed by atoms with van der Waals surface area (Å²) in [6.45, 7) is 0. The second-order valence-electron chi connectivity index (χ2n) is 9.81. The summed E-state index contributed by atoms with van der Waals surface area (Å²) in [7, 11) is 0. The van der Waals surface area contributed by atoms with Gasteiger partial charge in [-0.25, -0.2) is 0 Å². The number of para-hydroxylation sites is 1. The Hall–Kier alpha value is -4.88. The Kier molecular flexibility index (Phi) is 7.32. The molecule has 1 unspecified atom stereocenters. The largest absolute Gasteiger partial charge is 0.334 e. The third-order valence-corrected chi connectivity index (χ3v) is 7.20. The lowest BCUT2D eigenvalue weighted by molar-refractivity contribution is 0.785. The molecule has 0 saturated heterocycles. The first-order chi connectivity index (χ1) is 19.3. The zero-order chi connectivity index (χ0) is 26.3. The van der Waals surface area contributed by atoms with Crippen LogP contribution in [0.1, 0.15) is 17.5 Å². The van der Waals surface area contributed by atoms with Gasteiger partial charge in [0.25, 0.3) is 0 Å². The van der Waals surface area contributed by atoms with Gasteiger partial charge in [0.1, 0.15) is 0 Å². The van der Waals surface area contributed by atoms with Crippen LogP contribution in [0.15, 0.2) is 158 Å². The second kappa shape index (κ2) is 11.7. The van der Waals surface area contributed by atoms with Crippen molar-refractivity contribution in [3.05, 3.63) is 169 Å². The van der Waals surface area contributed by atoms with Crippen molar-refractivity contribution in [1.82, 2.24) is 0 Å². The highest BCUT2D eigenvalue weighted by molar-refractivity contribution is 5.75. The lowest BCUT2D eigenvalue weighted by Crippen LogP contribution is -2.29. The van der Waals surface area contributed by atoms with Gasteiger partial charge in [-0.1, -0.05) is 146 Å². The Morgan fingerprint density at radius 1 is 0.462 bits per heavy atom. The standard InChI is InChI=1S/C38H31N/c1-4-10-32(11-5-1)34-24-26-35(27-25-34)33-22-18-30(19-23-33)16-17-31-20-28-38(29-21-31)39(36-12-6-2-7-13-36)37-14-8-3-9-15-37/h1-14,16-29,37H,15H2. The topological polar surface area (TPSA) is 3.24 Å². The minimum Gasteiger partial charge on any atom is -0.334 e. The van der Waals surface area contributed by atoms with Gasteiger partial charge in [-0.05, 0) is 64.1 Å². The lowest BCUT2D eigenvalue weighted by atomic mass is 9.99. The summed E-state index contributed by atoms with van der Waals surface area (Å²) < 4.78 is 0. The van der Waals surface area contributed by atoms with Crippen LogP contribution in [0.3, 0.4) is 0 Å². The number of hydrogen-bond donors (Lipinski definition) is 0. The van der Waals surface area contributed by atoms with Crippen LogP contribution in [-0.4, -0.2) is 6.04 Å². The molecule has 0 spiro atoms. The molecule has 1 atom stereocenters. The average Bonchev–Trinajstić information content (AvgIpc) is 3.03. The molecular weight excluding hydrogens is 470 g/mol. The zero-order valence-electron chi connectivity index (χ0n) is 21.9. The fourth-order valence-electron chi connectivity index (χ4n) is 5.09. The molecule has 0 aromatic heterocycles. The number of hydrogen-bond acceptors (Lipinski definition) is 1. The molecule has 0 aliphatic heterocycles. The quantitative estimate of drug-likeness (QED) is 0.201. The first kappa shape index (κ1) is 24.5. The molecule has 5 aromatic carbocycles. The van der Waals surface area contributed by atoms with E-state index in [1.165, 1.54) is 44.8 Å². The summed E-state index contributed by atoms with van der Waals surface area (Å²) in [6, 6.07) is 47.9. The van der Waals surface area contributed by atoms with Crippen LogP contribution in [0.4, 0.5) is 11.4 Å². The maximum atomic E-state index is 2.42. The number of rotatable bonds is 7. The molecule has 1 nitrogen and oxygen atoms in total. The Labute approximate surface area is 231 Å². The van der Waals surface area contributed by atoms with E-state index in [0.717, 1.165) is 6.42 Å². The van der Waals surface area contributed by atoms with Crippen LogP contribution in [0, 0.1) is 0 Å². The van der Waals surface area contributed by atoms with Gasteiger partial charge in [-0.3, -0.25) is 0 Å². The van der Waals surface area contributed by atoms with Gasteiger partial charge in [-0.2, -0.15) is 0 Å². The molecule has 0 radical (unpaired) electrons. The number of nitrogens with zero attached hydrogens (tertiary/aromatic N) is 1. The third-order valence-electron chi connectivity index (χ3n) is 7.20. The number of benzene rings is 5. The third kappa shape index (κ3) is 5.84. The van der Waals surface area contributed by atoms with Crippen molar-refractivity contribution in [3.8, 4) is 22.3 Å². The molecule has 1 aliphatic carbocycles. The summed E-state index contributed by atoms with van der Waals surface area (Å²) in [6.07, 6.45) is 14.2. The maximum absolute atomic E-state index is 2.42. The fraction of sp³-hybridized carbons (Fsp3) is 0.0526. The van der Waals surface area contributed by atoms with Gasteiger partial charge in [0.15, 0.2) is 0 Å². The molecule has 6 rings (SSSR count). The van der Waals surface area contributed by atoms with Gasteiger partial charge in [-0.15, -0.1) is 0 Å².